The van der Waals surface area contributed by atoms with E-state index in [4.69, 9.17) is 22.9 Å². The van der Waals surface area contributed by atoms with Crippen molar-refractivity contribution in [2.24, 2.45) is 27.9 Å². The number of nitrogens with one attached hydrogen (secondary N) is 2. The molecule has 0 unspecified atom stereocenters. The number of carbonyl (C=O) groups excluding carboxylic acids is 5. The standard InChI is InChI=1S/C24H43N9O7/c1-12(34)17(25)22(39)33-11-5-8-16(33)21(38)30-14(6-3-9-29-24(27)28)20(37)31-18(13(2)35)23(40)32-10-4-7-15(32)19(26)36/h12-18,34-35H,3-11,25H2,1-2H3,(H2,26,36)(H,30,38)(H,31,37)(H4,27,28,29)/t12-,13-,14+,15+,16+,17+,18+/m1/s1. The van der Waals surface area contributed by atoms with Crippen molar-refractivity contribution >= 4 is 35.5 Å². The van der Waals surface area contributed by atoms with E-state index < -0.39 is 72.0 Å². The van der Waals surface area contributed by atoms with E-state index in [1.807, 2.05) is 0 Å². The number of primary amides is 1. The molecule has 0 radical (unpaired) electrons. The number of aliphatic hydroxyl groups is 2. The Balaban J connectivity index is 2.20. The number of hydrogen-bond acceptors (Lipinski definition) is 9. The minimum atomic E-state index is -1.40. The van der Waals surface area contributed by atoms with Gasteiger partial charge in [0, 0.05) is 19.6 Å². The average molecular weight is 570 g/mol. The lowest BCUT2D eigenvalue weighted by molar-refractivity contribution is -0.144. The van der Waals surface area contributed by atoms with Crippen LogP contribution in [0.1, 0.15) is 52.4 Å². The van der Waals surface area contributed by atoms with Gasteiger partial charge in [-0.3, -0.25) is 29.0 Å². The van der Waals surface area contributed by atoms with Crippen LogP contribution in [0.3, 0.4) is 0 Å². The van der Waals surface area contributed by atoms with Crippen LogP contribution < -0.4 is 33.6 Å². The molecule has 226 valence electrons. The zero-order chi connectivity index (χ0) is 30.1. The molecule has 2 heterocycles. The molecule has 2 aliphatic rings. The SMILES string of the molecule is C[C@@H](O)[C@H](N)C(=O)N1CCC[C@H]1C(=O)N[C@@H](CCCN=C(N)N)C(=O)N[C@H](C(=O)N1CCC[C@H]1C(N)=O)[C@@H](C)O. The molecule has 7 atom stereocenters. The van der Waals surface area contributed by atoms with Crippen molar-refractivity contribution < 1.29 is 34.2 Å². The van der Waals surface area contributed by atoms with Crippen molar-refractivity contribution in [3.05, 3.63) is 0 Å². The number of aliphatic hydroxyl groups excluding tert-OH is 2. The highest BCUT2D eigenvalue weighted by Gasteiger charge is 2.41. The fourth-order valence-electron chi connectivity index (χ4n) is 4.89. The number of nitrogens with two attached hydrogens (primary N) is 4. The van der Waals surface area contributed by atoms with Gasteiger partial charge in [0.15, 0.2) is 5.96 Å². The number of likely N-dealkylation sites (tertiary alicyclic amines) is 2. The smallest absolute Gasteiger partial charge is 0.248 e. The fourth-order valence-corrected chi connectivity index (χ4v) is 4.89. The van der Waals surface area contributed by atoms with Crippen LogP contribution in [0, 0.1) is 0 Å². The van der Waals surface area contributed by atoms with Crippen molar-refractivity contribution in [3.63, 3.8) is 0 Å². The molecular weight excluding hydrogens is 526 g/mol. The maximum Gasteiger partial charge on any atom is 0.248 e. The number of carbonyl (C=O) groups is 5. The van der Waals surface area contributed by atoms with Gasteiger partial charge in [-0.2, -0.15) is 0 Å². The van der Waals surface area contributed by atoms with Gasteiger partial charge in [-0.05, 0) is 52.4 Å². The molecule has 2 fully saturated rings. The summed E-state index contributed by atoms with van der Waals surface area (Å²) in [5, 5.41) is 25.2. The summed E-state index contributed by atoms with van der Waals surface area (Å²) in [4.78, 5) is 70.7. The highest BCUT2D eigenvalue weighted by atomic mass is 16.3. The largest absolute Gasteiger partial charge is 0.391 e. The van der Waals surface area contributed by atoms with Gasteiger partial charge in [0.05, 0.1) is 12.2 Å². The van der Waals surface area contributed by atoms with E-state index in [1.165, 1.54) is 23.6 Å². The molecule has 0 aromatic carbocycles. The minimum absolute atomic E-state index is 0.0660. The molecule has 0 aromatic heterocycles. The van der Waals surface area contributed by atoms with Crippen LogP contribution in [-0.4, -0.2) is 118 Å². The zero-order valence-corrected chi connectivity index (χ0v) is 23.0. The van der Waals surface area contributed by atoms with Gasteiger partial charge in [-0.1, -0.05) is 0 Å². The van der Waals surface area contributed by atoms with E-state index in [2.05, 4.69) is 15.6 Å². The highest BCUT2D eigenvalue weighted by molar-refractivity contribution is 5.96. The van der Waals surface area contributed by atoms with Gasteiger partial charge in [-0.25, -0.2) is 0 Å². The molecule has 12 N–H and O–H groups in total. The first-order valence-electron chi connectivity index (χ1n) is 13.4. The second-order valence-electron chi connectivity index (χ2n) is 10.3. The Bertz CT molecular complexity index is 970. The molecule has 0 bridgehead atoms. The number of guanidine groups is 1. The Morgan fingerprint density at radius 1 is 0.900 bits per heavy atom. The number of nitrogens with zero attached hydrogens (tertiary/aromatic N) is 3. The topological polar surface area (TPSA) is 273 Å². The Morgan fingerprint density at radius 2 is 1.48 bits per heavy atom. The third-order valence-electron chi connectivity index (χ3n) is 7.13. The second kappa shape index (κ2) is 14.8. The van der Waals surface area contributed by atoms with Gasteiger partial charge in [0.2, 0.25) is 29.5 Å². The molecule has 16 nitrogen and oxygen atoms in total. The summed E-state index contributed by atoms with van der Waals surface area (Å²) in [5.74, 6) is -3.46. The van der Waals surface area contributed by atoms with Crippen LogP contribution >= 0.6 is 0 Å². The Kier molecular flexibility index (Phi) is 12.1. The predicted molar refractivity (Wildman–Crippen MR) is 144 cm³/mol. The summed E-state index contributed by atoms with van der Waals surface area (Å²) in [6, 6.07) is -5.55. The summed E-state index contributed by atoms with van der Waals surface area (Å²) in [6.45, 7) is 3.35. The van der Waals surface area contributed by atoms with Crippen LogP contribution in [-0.2, 0) is 24.0 Å². The van der Waals surface area contributed by atoms with E-state index in [0.717, 1.165) is 0 Å². The Labute approximate surface area is 232 Å². The van der Waals surface area contributed by atoms with Crippen molar-refractivity contribution in [2.75, 3.05) is 19.6 Å². The summed E-state index contributed by atoms with van der Waals surface area (Å²) >= 11 is 0. The van der Waals surface area contributed by atoms with Gasteiger partial charge in [0.1, 0.15) is 30.2 Å². The molecule has 2 aliphatic heterocycles. The Hall–Kier alpha value is -3.50. The molecule has 0 aliphatic carbocycles. The normalized spacial score (nSPS) is 22.5. The number of hydrogen-bond donors (Lipinski definition) is 8. The third kappa shape index (κ3) is 8.50. The van der Waals surface area contributed by atoms with Crippen LogP contribution in [0.4, 0.5) is 0 Å². The van der Waals surface area contributed by atoms with Crippen molar-refractivity contribution in [3.8, 4) is 0 Å². The van der Waals surface area contributed by atoms with Crippen molar-refractivity contribution in [1.82, 2.24) is 20.4 Å². The maximum absolute atomic E-state index is 13.4. The maximum atomic E-state index is 13.4. The van der Waals surface area contributed by atoms with Crippen molar-refractivity contribution in [2.45, 2.75) is 94.8 Å². The van der Waals surface area contributed by atoms with E-state index in [1.54, 1.807) is 0 Å². The van der Waals surface area contributed by atoms with Gasteiger partial charge in [-0.15, -0.1) is 0 Å². The summed E-state index contributed by atoms with van der Waals surface area (Å²) in [6.07, 6.45) is -0.341. The molecule has 16 heteroatoms. The van der Waals surface area contributed by atoms with Crippen LogP contribution in [0.15, 0.2) is 4.99 Å². The van der Waals surface area contributed by atoms with E-state index in [9.17, 15) is 34.2 Å². The summed E-state index contributed by atoms with van der Waals surface area (Å²) in [5.41, 5.74) is 21.9. The number of rotatable bonds is 13. The lowest BCUT2D eigenvalue weighted by atomic mass is 10.1. The molecule has 0 aromatic rings. The van der Waals surface area contributed by atoms with E-state index in [-0.39, 0.29) is 38.4 Å². The molecule has 2 rings (SSSR count). The number of aliphatic imine (C=N–C) groups is 1. The van der Waals surface area contributed by atoms with E-state index >= 15 is 0 Å². The molecule has 2 saturated heterocycles. The molecule has 0 spiro atoms. The van der Waals surface area contributed by atoms with Gasteiger partial charge < -0.3 is 53.6 Å². The monoisotopic (exact) mass is 569 g/mol. The van der Waals surface area contributed by atoms with Crippen LogP contribution in [0.5, 0.6) is 0 Å². The minimum Gasteiger partial charge on any atom is -0.391 e. The summed E-state index contributed by atoms with van der Waals surface area (Å²) in [7, 11) is 0. The molecule has 5 amide bonds. The molecule has 0 saturated carbocycles. The first-order valence-corrected chi connectivity index (χ1v) is 13.4. The first-order chi connectivity index (χ1) is 18.8. The Morgan fingerprint density at radius 3 is 2.00 bits per heavy atom. The fraction of sp³-hybridized carbons (Fsp3) is 0.750. The highest BCUT2D eigenvalue weighted by Crippen LogP contribution is 2.21. The van der Waals surface area contributed by atoms with E-state index in [0.29, 0.717) is 25.7 Å². The van der Waals surface area contributed by atoms with Gasteiger partial charge >= 0.3 is 0 Å². The second-order valence-corrected chi connectivity index (χ2v) is 10.3. The van der Waals surface area contributed by atoms with Crippen molar-refractivity contribution in [1.29, 1.82) is 0 Å². The lowest BCUT2D eigenvalue weighted by Gasteiger charge is -2.31. The van der Waals surface area contributed by atoms with Gasteiger partial charge in [0.25, 0.3) is 0 Å². The first kappa shape index (κ1) is 32.7. The van der Waals surface area contributed by atoms with Crippen LogP contribution in [0.25, 0.3) is 0 Å². The molecular formula is C24H43N9O7. The predicted octanol–water partition coefficient (Wildman–Crippen LogP) is -4.43. The zero-order valence-electron chi connectivity index (χ0n) is 23.0. The third-order valence-corrected chi connectivity index (χ3v) is 7.13. The lowest BCUT2D eigenvalue weighted by Crippen LogP contribution is -2.60. The quantitative estimate of drug-likeness (QED) is 0.0598. The molecule has 40 heavy (non-hydrogen) atoms. The van der Waals surface area contributed by atoms with Crippen LogP contribution in [0.2, 0.25) is 0 Å². The number of amides is 5. The average Bonchev–Trinajstić information content (AvgIpc) is 3.57. The summed E-state index contributed by atoms with van der Waals surface area (Å²) < 4.78 is 0.